The molecule has 0 aromatic heterocycles. The lowest BCUT2D eigenvalue weighted by molar-refractivity contribution is 0.282. The molecule has 0 saturated carbocycles. The van der Waals surface area contributed by atoms with Crippen LogP contribution in [0.15, 0.2) is 71.1 Å². The molecule has 0 amide bonds. The van der Waals surface area contributed by atoms with Crippen LogP contribution in [-0.2, 0) is 13.0 Å². The maximum Gasteiger partial charge on any atom is 0.0889 e. The lowest BCUT2D eigenvalue weighted by Gasteiger charge is -2.04. The molecule has 0 aliphatic heterocycles. The van der Waals surface area contributed by atoms with Crippen molar-refractivity contribution in [1.29, 1.82) is 0 Å². The van der Waals surface area contributed by atoms with Gasteiger partial charge in [-0.2, -0.15) is 10.2 Å². The molecule has 2 aromatic carbocycles. The molecule has 2 aromatic rings. The standard InChI is InChI=1S/C17H18N2O2/c1-13(21)9-10-15-6-2-3-8-17(15)19-18-16-7-4-5-14(11-16)12-20/h2-8,11,20-21H,1,9-10,12H2/b19-18+. The molecule has 0 spiro atoms. The van der Waals surface area contributed by atoms with Crippen LogP contribution in [0.5, 0.6) is 0 Å². The van der Waals surface area contributed by atoms with Crippen LogP contribution in [0.25, 0.3) is 0 Å². The molecule has 2 rings (SSSR count). The molecule has 0 aliphatic carbocycles. The van der Waals surface area contributed by atoms with Gasteiger partial charge in [0.15, 0.2) is 0 Å². The highest BCUT2D eigenvalue weighted by molar-refractivity contribution is 5.47. The maximum atomic E-state index is 9.20. The van der Waals surface area contributed by atoms with Crippen LogP contribution < -0.4 is 0 Å². The molecule has 0 fully saturated rings. The number of nitrogens with zero attached hydrogens (tertiary/aromatic N) is 2. The maximum absolute atomic E-state index is 9.20. The Bertz CT molecular complexity index is 651. The van der Waals surface area contributed by atoms with Gasteiger partial charge in [-0.3, -0.25) is 0 Å². The summed E-state index contributed by atoms with van der Waals surface area (Å²) in [4.78, 5) is 0. The number of azo groups is 1. The Morgan fingerprint density at radius 2 is 1.86 bits per heavy atom. The van der Waals surface area contributed by atoms with Crippen molar-refractivity contribution < 1.29 is 10.2 Å². The Balaban J connectivity index is 2.18. The number of allylic oxidation sites excluding steroid dienone is 1. The van der Waals surface area contributed by atoms with Crippen LogP contribution in [0.1, 0.15) is 17.5 Å². The van der Waals surface area contributed by atoms with Crippen molar-refractivity contribution in [1.82, 2.24) is 0 Å². The lowest BCUT2D eigenvalue weighted by Crippen LogP contribution is -1.87. The molecule has 4 heteroatoms. The highest BCUT2D eigenvalue weighted by atomic mass is 16.3. The molecule has 0 bridgehead atoms. The Kier molecular flexibility index (Phi) is 5.23. The quantitative estimate of drug-likeness (QED) is 0.600. The third-order valence-electron chi connectivity index (χ3n) is 3.04. The summed E-state index contributed by atoms with van der Waals surface area (Å²) in [6, 6.07) is 15.0. The van der Waals surface area contributed by atoms with E-state index in [1.165, 1.54) is 0 Å². The molecule has 4 nitrogen and oxygen atoms in total. The molecule has 0 atom stereocenters. The molecule has 108 valence electrons. The minimum absolute atomic E-state index is 0.0153. The number of hydrogen-bond acceptors (Lipinski definition) is 4. The largest absolute Gasteiger partial charge is 0.513 e. The zero-order valence-electron chi connectivity index (χ0n) is 11.7. The third kappa shape index (κ3) is 4.54. The van der Waals surface area contributed by atoms with Crippen LogP contribution in [0, 0.1) is 0 Å². The minimum atomic E-state index is -0.0153. The number of aliphatic hydroxyl groups excluding tert-OH is 2. The molecule has 0 radical (unpaired) electrons. The molecule has 0 heterocycles. The predicted octanol–water partition coefficient (Wildman–Crippen LogP) is 4.60. The van der Waals surface area contributed by atoms with Crippen molar-refractivity contribution in [2.24, 2.45) is 10.2 Å². The molecule has 0 unspecified atom stereocenters. The van der Waals surface area contributed by atoms with E-state index in [9.17, 15) is 5.11 Å². The van der Waals surface area contributed by atoms with Gasteiger partial charge in [0.2, 0.25) is 0 Å². The second-order valence-electron chi connectivity index (χ2n) is 4.72. The van der Waals surface area contributed by atoms with Crippen molar-refractivity contribution in [3.05, 3.63) is 72.0 Å². The first-order valence-corrected chi connectivity index (χ1v) is 6.75. The number of aliphatic hydroxyl groups is 2. The van der Waals surface area contributed by atoms with E-state index < -0.39 is 0 Å². The fourth-order valence-corrected chi connectivity index (χ4v) is 1.93. The highest BCUT2D eigenvalue weighted by Crippen LogP contribution is 2.24. The van der Waals surface area contributed by atoms with Crippen LogP contribution >= 0.6 is 0 Å². The first kappa shape index (κ1) is 14.9. The molecule has 2 N–H and O–H groups in total. The summed E-state index contributed by atoms with van der Waals surface area (Å²) >= 11 is 0. The summed E-state index contributed by atoms with van der Waals surface area (Å²) in [7, 11) is 0. The summed E-state index contributed by atoms with van der Waals surface area (Å²) in [6.45, 7) is 3.48. The normalized spacial score (nSPS) is 10.9. The van der Waals surface area contributed by atoms with E-state index in [1.54, 1.807) is 6.07 Å². The first-order valence-electron chi connectivity index (χ1n) is 6.75. The number of hydrogen-bond donors (Lipinski definition) is 2. The van der Waals surface area contributed by atoms with Gasteiger partial charge in [-0.25, -0.2) is 0 Å². The van der Waals surface area contributed by atoms with Gasteiger partial charge in [-0.15, -0.1) is 0 Å². The topological polar surface area (TPSA) is 65.2 Å². The van der Waals surface area contributed by atoms with Crippen molar-refractivity contribution in [2.75, 3.05) is 0 Å². The Morgan fingerprint density at radius 3 is 2.62 bits per heavy atom. The second-order valence-corrected chi connectivity index (χ2v) is 4.72. The predicted molar refractivity (Wildman–Crippen MR) is 83.1 cm³/mol. The second kappa shape index (κ2) is 7.36. The van der Waals surface area contributed by atoms with Gasteiger partial charge in [0.25, 0.3) is 0 Å². The average molecular weight is 282 g/mol. The number of aryl methyl sites for hydroxylation is 1. The molecule has 0 saturated heterocycles. The van der Waals surface area contributed by atoms with Crippen molar-refractivity contribution in [2.45, 2.75) is 19.4 Å². The zero-order chi connectivity index (χ0) is 15.1. The van der Waals surface area contributed by atoms with Gasteiger partial charge in [0.05, 0.1) is 23.7 Å². The lowest BCUT2D eigenvalue weighted by atomic mass is 10.1. The zero-order valence-corrected chi connectivity index (χ0v) is 11.7. The van der Waals surface area contributed by atoms with Gasteiger partial charge < -0.3 is 10.2 Å². The van der Waals surface area contributed by atoms with Crippen molar-refractivity contribution >= 4 is 11.4 Å². The Hall–Kier alpha value is -2.46. The van der Waals surface area contributed by atoms with Crippen LogP contribution in [-0.4, -0.2) is 10.2 Å². The van der Waals surface area contributed by atoms with E-state index in [0.717, 1.165) is 16.8 Å². The van der Waals surface area contributed by atoms with E-state index in [1.807, 2.05) is 42.5 Å². The number of rotatable bonds is 6. The monoisotopic (exact) mass is 282 g/mol. The summed E-state index contributed by atoms with van der Waals surface area (Å²) < 4.78 is 0. The van der Waals surface area contributed by atoms with E-state index in [0.29, 0.717) is 18.5 Å². The molecule has 21 heavy (non-hydrogen) atoms. The highest BCUT2D eigenvalue weighted by Gasteiger charge is 2.02. The van der Waals surface area contributed by atoms with Crippen molar-refractivity contribution in [3.8, 4) is 0 Å². The van der Waals surface area contributed by atoms with Gasteiger partial charge in [0.1, 0.15) is 0 Å². The summed E-state index contributed by atoms with van der Waals surface area (Å²) in [5.74, 6) is 0.164. The minimum Gasteiger partial charge on any atom is -0.513 e. The Labute approximate surface area is 124 Å². The van der Waals surface area contributed by atoms with E-state index in [4.69, 9.17) is 5.11 Å². The first-order chi connectivity index (χ1) is 10.2. The van der Waals surface area contributed by atoms with Gasteiger partial charge in [-0.1, -0.05) is 36.9 Å². The van der Waals surface area contributed by atoms with Crippen molar-refractivity contribution in [3.63, 3.8) is 0 Å². The fraction of sp³-hybridized carbons (Fsp3) is 0.176. The van der Waals surface area contributed by atoms with Crippen LogP contribution in [0.4, 0.5) is 11.4 Å². The Morgan fingerprint density at radius 1 is 1.05 bits per heavy atom. The summed E-state index contributed by atoms with van der Waals surface area (Å²) in [5, 5.41) is 26.8. The summed E-state index contributed by atoms with van der Waals surface area (Å²) in [5.41, 5.74) is 3.28. The van der Waals surface area contributed by atoms with Gasteiger partial charge in [-0.05, 0) is 35.7 Å². The van der Waals surface area contributed by atoms with Gasteiger partial charge in [0, 0.05) is 6.42 Å². The molecular weight excluding hydrogens is 264 g/mol. The van der Waals surface area contributed by atoms with Crippen LogP contribution in [0.3, 0.4) is 0 Å². The van der Waals surface area contributed by atoms with E-state index >= 15 is 0 Å². The van der Waals surface area contributed by atoms with Crippen LogP contribution in [0.2, 0.25) is 0 Å². The molecular formula is C17H18N2O2. The smallest absolute Gasteiger partial charge is 0.0889 e. The van der Waals surface area contributed by atoms with Gasteiger partial charge >= 0.3 is 0 Å². The third-order valence-corrected chi connectivity index (χ3v) is 3.04. The average Bonchev–Trinajstić information content (AvgIpc) is 2.52. The van der Waals surface area contributed by atoms with E-state index in [-0.39, 0.29) is 12.4 Å². The SMILES string of the molecule is C=C(O)CCc1ccccc1/N=N/c1cccc(CO)c1. The number of benzene rings is 2. The fourth-order valence-electron chi connectivity index (χ4n) is 1.93. The molecule has 0 aliphatic rings. The van der Waals surface area contributed by atoms with E-state index in [2.05, 4.69) is 16.8 Å². The summed E-state index contributed by atoms with van der Waals surface area (Å²) in [6.07, 6.45) is 1.17.